The van der Waals surface area contributed by atoms with Gasteiger partial charge in [-0.25, -0.2) is 0 Å². The second kappa shape index (κ2) is 6.16. The molecule has 3 atom stereocenters. The number of hydrogen-bond acceptors (Lipinski definition) is 3. The van der Waals surface area contributed by atoms with Crippen LogP contribution in [0.4, 0.5) is 0 Å². The average Bonchev–Trinajstić information content (AvgIpc) is 2.29. The van der Waals surface area contributed by atoms with Crippen LogP contribution in [0.2, 0.25) is 19.6 Å². The number of carboxylic acids is 1. The Morgan fingerprint density at radius 1 is 1.35 bits per heavy atom. The zero-order chi connectivity index (χ0) is 15.6. The minimum atomic E-state index is -1.63. The van der Waals surface area contributed by atoms with Crippen LogP contribution in [0.1, 0.15) is 39.5 Å². The topological polar surface area (TPSA) is 55.8 Å². The van der Waals surface area contributed by atoms with Gasteiger partial charge in [-0.15, -0.1) is 0 Å². The molecule has 118 valence electrons. The lowest BCUT2D eigenvalue weighted by Crippen LogP contribution is -2.53. The minimum Gasteiger partial charge on any atom is -0.481 e. The van der Waals surface area contributed by atoms with Gasteiger partial charge in [0.25, 0.3) is 0 Å². The smallest absolute Gasteiger partial charge is 0.312 e. The van der Waals surface area contributed by atoms with Gasteiger partial charge in [0.15, 0.2) is 8.32 Å². The van der Waals surface area contributed by atoms with E-state index in [4.69, 9.17) is 9.16 Å². The first-order valence-corrected chi connectivity index (χ1v) is 10.9. The van der Waals surface area contributed by atoms with Crippen LogP contribution >= 0.6 is 0 Å². The van der Waals surface area contributed by atoms with E-state index in [9.17, 15) is 9.90 Å². The van der Waals surface area contributed by atoms with E-state index in [-0.39, 0.29) is 11.5 Å². The van der Waals surface area contributed by atoms with E-state index in [0.717, 1.165) is 19.3 Å². The van der Waals surface area contributed by atoms with E-state index in [1.807, 2.05) is 0 Å². The number of rotatable bonds is 6. The van der Waals surface area contributed by atoms with Crippen molar-refractivity contribution in [2.75, 3.05) is 13.7 Å². The van der Waals surface area contributed by atoms with Crippen molar-refractivity contribution in [1.82, 2.24) is 0 Å². The number of ether oxygens (including phenoxy) is 1. The minimum absolute atomic E-state index is 0.107. The van der Waals surface area contributed by atoms with E-state index in [2.05, 4.69) is 33.5 Å². The van der Waals surface area contributed by atoms with Gasteiger partial charge in [0.1, 0.15) is 0 Å². The van der Waals surface area contributed by atoms with Gasteiger partial charge in [-0.3, -0.25) is 4.79 Å². The fraction of sp³-hybridized carbons (Fsp3) is 0.933. The molecule has 0 radical (unpaired) electrons. The van der Waals surface area contributed by atoms with Crippen LogP contribution in [-0.2, 0) is 14.0 Å². The van der Waals surface area contributed by atoms with E-state index in [0.29, 0.717) is 13.0 Å². The van der Waals surface area contributed by atoms with E-state index in [1.165, 1.54) is 0 Å². The van der Waals surface area contributed by atoms with Gasteiger partial charge in [0.05, 0.1) is 17.6 Å². The second-order valence-electron chi connectivity index (χ2n) is 7.37. The highest BCUT2D eigenvalue weighted by Crippen LogP contribution is 2.49. The van der Waals surface area contributed by atoms with E-state index < -0.39 is 19.7 Å². The quantitative estimate of drug-likeness (QED) is 0.763. The Kier molecular flexibility index (Phi) is 5.44. The molecule has 1 aliphatic carbocycles. The summed E-state index contributed by atoms with van der Waals surface area (Å²) in [6, 6.07) is 0. The summed E-state index contributed by atoms with van der Waals surface area (Å²) in [5.41, 5.74) is -0.927. The third-order valence-electron chi connectivity index (χ3n) is 4.43. The van der Waals surface area contributed by atoms with Crippen LogP contribution in [0.15, 0.2) is 0 Å². The maximum absolute atomic E-state index is 11.8. The lowest BCUT2D eigenvalue weighted by molar-refractivity contribution is -0.166. The average molecular weight is 302 g/mol. The Balaban J connectivity index is 2.97. The van der Waals surface area contributed by atoms with Gasteiger partial charge in [0.2, 0.25) is 0 Å². The lowest BCUT2D eigenvalue weighted by Gasteiger charge is -2.49. The molecule has 1 rings (SSSR count). The summed E-state index contributed by atoms with van der Waals surface area (Å²) in [6.07, 6.45) is 3.09. The van der Waals surface area contributed by atoms with E-state index >= 15 is 0 Å². The first-order chi connectivity index (χ1) is 9.08. The molecule has 3 unspecified atom stereocenters. The van der Waals surface area contributed by atoms with Gasteiger partial charge in [-0.2, -0.15) is 0 Å². The van der Waals surface area contributed by atoms with Crippen LogP contribution in [-0.4, -0.2) is 38.7 Å². The first kappa shape index (κ1) is 17.7. The summed E-state index contributed by atoms with van der Waals surface area (Å²) in [5.74, 6) is -0.615. The van der Waals surface area contributed by atoms with Gasteiger partial charge in [0, 0.05) is 7.11 Å². The molecule has 4 nitrogen and oxygen atoms in total. The van der Waals surface area contributed by atoms with Gasteiger partial charge < -0.3 is 14.3 Å². The zero-order valence-corrected chi connectivity index (χ0v) is 14.8. The summed E-state index contributed by atoms with van der Waals surface area (Å²) in [7, 11) is -0.0429. The maximum atomic E-state index is 11.8. The monoisotopic (exact) mass is 302 g/mol. The molecule has 0 aromatic carbocycles. The Morgan fingerprint density at radius 3 is 2.35 bits per heavy atom. The van der Waals surface area contributed by atoms with Gasteiger partial charge in [-0.05, 0) is 51.7 Å². The molecule has 1 aliphatic rings. The fourth-order valence-electron chi connectivity index (χ4n) is 3.67. The summed E-state index contributed by atoms with van der Waals surface area (Å²) in [6.45, 7) is 11.1. The van der Waals surface area contributed by atoms with Gasteiger partial charge >= 0.3 is 5.97 Å². The Bertz CT molecular complexity index is 352. The highest BCUT2D eigenvalue weighted by molar-refractivity contribution is 6.69. The molecular formula is C15H30O4Si. The Morgan fingerprint density at radius 2 is 1.95 bits per heavy atom. The lowest BCUT2D eigenvalue weighted by atomic mass is 9.61. The first-order valence-electron chi connectivity index (χ1n) is 7.51. The van der Waals surface area contributed by atoms with Crippen molar-refractivity contribution in [3.63, 3.8) is 0 Å². The van der Waals surface area contributed by atoms with Crippen LogP contribution in [0, 0.1) is 11.3 Å². The predicted octanol–water partition coefficient (Wildman–Crippen LogP) is 3.52. The van der Waals surface area contributed by atoms with Crippen molar-refractivity contribution < 1.29 is 19.1 Å². The SMILES string of the molecule is CCC1CC(C)(O[Si](C)(C)C)CCC1(COC)C(=O)O. The van der Waals surface area contributed by atoms with E-state index in [1.54, 1.807) is 7.11 Å². The summed E-state index contributed by atoms with van der Waals surface area (Å²) in [4.78, 5) is 11.8. The highest BCUT2D eigenvalue weighted by Gasteiger charge is 2.52. The van der Waals surface area contributed by atoms with Gasteiger partial charge in [-0.1, -0.05) is 13.3 Å². The third kappa shape index (κ3) is 3.83. The van der Waals surface area contributed by atoms with Crippen LogP contribution in [0.25, 0.3) is 0 Å². The number of methoxy groups -OCH3 is 1. The van der Waals surface area contributed by atoms with Crippen molar-refractivity contribution in [2.24, 2.45) is 11.3 Å². The predicted molar refractivity (Wildman–Crippen MR) is 82.4 cm³/mol. The molecule has 5 heteroatoms. The molecule has 1 N–H and O–H groups in total. The Hall–Kier alpha value is -0.393. The molecule has 0 spiro atoms. The number of hydrogen-bond donors (Lipinski definition) is 1. The Labute approximate surface area is 124 Å². The molecule has 1 fully saturated rings. The van der Waals surface area contributed by atoms with Crippen molar-refractivity contribution in [3.05, 3.63) is 0 Å². The fourth-order valence-corrected chi connectivity index (χ4v) is 5.33. The van der Waals surface area contributed by atoms with Crippen molar-refractivity contribution in [3.8, 4) is 0 Å². The van der Waals surface area contributed by atoms with Crippen molar-refractivity contribution in [1.29, 1.82) is 0 Å². The number of aliphatic carboxylic acids is 1. The van der Waals surface area contributed by atoms with Crippen molar-refractivity contribution in [2.45, 2.75) is 64.8 Å². The number of carbonyl (C=O) groups is 1. The zero-order valence-electron chi connectivity index (χ0n) is 13.8. The van der Waals surface area contributed by atoms with Crippen LogP contribution in [0.3, 0.4) is 0 Å². The molecule has 0 aromatic rings. The summed E-state index contributed by atoms with van der Waals surface area (Å²) in [5, 5.41) is 9.71. The molecule has 0 bridgehead atoms. The number of carboxylic acid groups (broad SMARTS) is 1. The summed E-state index contributed by atoms with van der Waals surface area (Å²) >= 11 is 0. The summed E-state index contributed by atoms with van der Waals surface area (Å²) < 4.78 is 11.6. The second-order valence-corrected chi connectivity index (χ2v) is 11.8. The molecule has 0 aliphatic heterocycles. The molecule has 0 aromatic heterocycles. The molecular weight excluding hydrogens is 272 g/mol. The largest absolute Gasteiger partial charge is 0.481 e. The molecule has 0 amide bonds. The normalized spacial score (nSPS) is 35.0. The maximum Gasteiger partial charge on any atom is 0.312 e. The third-order valence-corrected chi connectivity index (χ3v) is 5.54. The van der Waals surface area contributed by atoms with Crippen LogP contribution in [0.5, 0.6) is 0 Å². The van der Waals surface area contributed by atoms with Crippen LogP contribution < -0.4 is 0 Å². The standard InChI is InChI=1S/C15H30O4Si/c1-7-12-10-14(2,19-20(4,5)6)8-9-15(12,11-18-3)13(16)17/h12H,7-11H2,1-6H3,(H,16,17). The molecule has 1 saturated carbocycles. The highest BCUT2D eigenvalue weighted by atomic mass is 28.4. The molecule has 0 heterocycles. The molecule has 20 heavy (non-hydrogen) atoms. The molecule has 0 saturated heterocycles. The van der Waals surface area contributed by atoms with Crippen molar-refractivity contribution >= 4 is 14.3 Å².